The number of benzene rings is 2. The third-order valence-electron chi connectivity index (χ3n) is 3.80. The van der Waals surface area contributed by atoms with Crippen molar-refractivity contribution < 1.29 is 23.7 Å². The van der Waals surface area contributed by atoms with Crippen LogP contribution in [0.5, 0.6) is 17.2 Å². The summed E-state index contributed by atoms with van der Waals surface area (Å²) < 4.78 is 21.2. The standard InChI is InChI=1S/C20H18ClNO5/c1-4-26-18-15(21)9-12(11-17(18)25-3)10-16-20(23)27-19(22-16)13-5-7-14(24-2)8-6-13/h5-11H,4H2,1-3H3/b16-10-. The van der Waals surface area contributed by atoms with E-state index in [0.29, 0.717) is 40.0 Å². The molecule has 0 amide bonds. The van der Waals surface area contributed by atoms with Crippen LogP contribution in [0.25, 0.3) is 6.08 Å². The van der Waals surface area contributed by atoms with Gasteiger partial charge in [-0.05, 0) is 55.0 Å². The number of cyclic esters (lactones) is 1. The van der Waals surface area contributed by atoms with Crippen molar-refractivity contribution in [1.29, 1.82) is 0 Å². The molecule has 0 aliphatic carbocycles. The lowest BCUT2D eigenvalue weighted by Gasteiger charge is -2.11. The summed E-state index contributed by atoms with van der Waals surface area (Å²) in [4.78, 5) is 16.5. The predicted molar refractivity (Wildman–Crippen MR) is 103 cm³/mol. The van der Waals surface area contributed by atoms with Crippen LogP contribution in [0, 0.1) is 0 Å². The van der Waals surface area contributed by atoms with Gasteiger partial charge < -0.3 is 18.9 Å². The third-order valence-corrected chi connectivity index (χ3v) is 4.08. The van der Waals surface area contributed by atoms with Crippen LogP contribution in [0.2, 0.25) is 5.02 Å². The Morgan fingerprint density at radius 2 is 1.89 bits per heavy atom. The first-order chi connectivity index (χ1) is 13.0. The Hall–Kier alpha value is -2.99. The number of carbonyl (C=O) groups is 1. The lowest BCUT2D eigenvalue weighted by molar-refractivity contribution is -0.129. The molecule has 1 aliphatic rings. The number of ether oxygens (including phenoxy) is 4. The average molecular weight is 388 g/mol. The molecule has 0 aromatic heterocycles. The first kappa shape index (κ1) is 18.8. The van der Waals surface area contributed by atoms with Gasteiger partial charge in [-0.15, -0.1) is 0 Å². The minimum absolute atomic E-state index is 0.170. The second-order valence-corrected chi connectivity index (χ2v) is 5.94. The fraction of sp³-hybridized carbons (Fsp3) is 0.200. The molecule has 7 heteroatoms. The van der Waals surface area contributed by atoms with Crippen molar-refractivity contribution in [3.63, 3.8) is 0 Å². The van der Waals surface area contributed by atoms with Crippen LogP contribution in [-0.2, 0) is 9.53 Å². The maximum atomic E-state index is 12.2. The topological polar surface area (TPSA) is 66.3 Å². The molecule has 1 heterocycles. The number of carbonyl (C=O) groups excluding carboxylic acids is 1. The van der Waals surface area contributed by atoms with Gasteiger partial charge in [0.25, 0.3) is 0 Å². The second kappa shape index (κ2) is 8.14. The van der Waals surface area contributed by atoms with Gasteiger partial charge in [0, 0.05) is 5.56 Å². The fourth-order valence-corrected chi connectivity index (χ4v) is 2.81. The number of esters is 1. The highest BCUT2D eigenvalue weighted by Crippen LogP contribution is 2.37. The molecule has 27 heavy (non-hydrogen) atoms. The van der Waals surface area contributed by atoms with Gasteiger partial charge >= 0.3 is 5.97 Å². The molecule has 0 N–H and O–H groups in total. The van der Waals surface area contributed by atoms with Crippen molar-refractivity contribution >= 4 is 29.5 Å². The number of rotatable bonds is 6. The Balaban J connectivity index is 1.93. The highest BCUT2D eigenvalue weighted by molar-refractivity contribution is 6.32. The molecular formula is C20H18ClNO5. The molecule has 0 unspecified atom stereocenters. The summed E-state index contributed by atoms with van der Waals surface area (Å²) in [6, 6.07) is 10.5. The van der Waals surface area contributed by atoms with E-state index in [2.05, 4.69) is 4.99 Å². The second-order valence-electron chi connectivity index (χ2n) is 5.53. The number of nitrogens with zero attached hydrogens (tertiary/aromatic N) is 1. The summed E-state index contributed by atoms with van der Waals surface area (Å²) in [5.41, 5.74) is 1.49. The van der Waals surface area contributed by atoms with Crippen LogP contribution in [0.3, 0.4) is 0 Å². The third kappa shape index (κ3) is 4.06. The highest BCUT2D eigenvalue weighted by atomic mass is 35.5. The van der Waals surface area contributed by atoms with E-state index in [0.717, 1.165) is 0 Å². The summed E-state index contributed by atoms with van der Waals surface area (Å²) in [5, 5.41) is 0.383. The monoisotopic (exact) mass is 387 g/mol. The molecule has 2 aromatic rings. The van der Waals surface area contributed by atoms with E-state index in [1.165, 1.54) is 7.11 Å². The maximum absolute atomic E-state index is 12.2. The summed E-state index contributed by atoms with van der Waals surface area (Å²) in [6.07, 6.45) is 1.59. The first-order valence-electron chi connectivity index (χ1n) is 8.23. The average Bonchev–Trinajstić information content (AvgIpc) is 3.04. The van der Waals surface area contributed by atoms with Gasteiger partial charge in [-0.1, -0.05) is 11.6 Å². The molecule has 0 spiro atoms. The molecule has 140 valence electrons. The maximum Gasteiger partial charge on any atom is 0.363 e. The molecule has 0 saturated carbocycles. The van der Waals surface area contributed by atoms with Gasteiger partial charge in [0.05, 0.1) is 25.8 Å². The van der Waals surface area contributed by atoms with Crippen molar-refractivity contribution in [2.75, 3.05) is 20.8 Å². The molecule has 3 rings (SSSR count). The molecule has 0 saturated heterocycles. The van der Waals surface area contributed by atoms with Crippen LogP contribution < -0.4 is 14.2 Å². The van der Waals surface area contributed by atoms with Gasteiger partial charge in [-0.2, -0.15) is 0 Å². The largest absolute Gasteiger partial charge is 0.497 e. The lowest BCUT2D eigenvalue weighted by atomic mass is 10.1. The molecule has 0 atom stereocenters. The molecule has 0 fully saturated rings. The number of methoxy groups -OCH3 is 2. The van der Waals surface area contributed by atoms with Gasteiger partial charge in [0.2, 0.25) is 5.90 Å². The minimum atomic E-state index is -0.537. The minimum Gasteiger partial charge on any atom is -0.497 e. The van der Waals surface area contributed by atoms with Crippen LogP contribution >= 0.6 is 11.6 Å². The Bertz CT molecular complexity index is 919. The molecule has 0 bridgehead atoms. The number of hydrogen-bond donors (Lipinski definition) is 0. The summed E-state index contributed by atoms with van der Waals surface area (Å²) in [7, 11) is 3.11. The zero-order chi connectivity index (χ0) is 19.4. The van der Waals surface area contributed by atoms with E-state index >= 15 is 0 Å². The van der Waals surface area contributed by atoms with Crippen molar-refractivity contribution in [3.05, 3.63) is 58.2 Å². The van der Waals surface area contributed by atoms with Crippen molar-refractivity contribution in [3.8, 4) is 17.2 Å². The van der Waals surface area contributed by atoms with Gasteiger partial charge in [0.1, 0.15) is 5.75 Å². The van der Waals surface area contributed by atoms with Crippen molar-refractivity contribution in [2.24, 2.45) is 4.99 Å². The Morgan fingerprint density at radius 3 is 2.52 bits per heavy atom. The quantitative estimate of drug-likeness (QED) is 0.551. The predicted octanol–water partition coefficient (Wildman–Crippen LogP) is 4.10. The van der Waals surface area contributed by atoms with Gasteiger partial charge in [0.15, 0.2) is 17.2 Å². The molecular weight excluding hydrogens is 370 g/mol. The van der Waals surface area contributed by atoms with Crippen LogP contribution in [0.15, 0.2) is 47.1 Å². The highest BCUT2D eigenvalue weighted by Gasteiger charge is 2.24. The van der Waals surface area contributed by atoms with Crippen molar-refractivity contribution in [1.82, 2.24) is 0 Å². The Kier molecular flexibility index (Phi) is 5.66. The SMILES string of the molecule is CCOc1c(Cl)cc(/C=C2\N=C(c3ccc(OC)cc3)OC2=O)cc1OC. The first-order valence-corrected chi connectivity index (χ1v) is 8.60. The zero-order valence-electron chi connectivity index (χ0n) is 15.1. The lowest BCUT2D eigenvalue weighted by Crippen LogP contribution is -2.05. The van der Waals surface area contributed by atoms with Gasteiger partial charge in [-0.3, -0.25) is 0 Å². The number of hydrogen-bond acceptors (Lipinski definition) is 6. The Morgan fingerprint density at radius 1 is 1.15 bits per heavy atom. The molecule has 0 radical (unpaired) electrons. The van der Waals surface area contributed by atoms with Crippen molar-refractivity contribution in [2.45, 2.75) is 6.92 Å². The van der Waals surface area contributed by atoms with E-state index in [1.807, 2.05) is 6.92 Å². The molecule has 6 nitrogen and oxygen atoms in total. The van der Waals surface area contributed by atoms with Crippen LogP contribution in [-0.4, -0.2) is 32.7 Å². The fourth-order valence-electron chi connectivity index (χ4n) is 2.53. The summed E-state index contributed by atoms with van der Waals surface area (Å²) >= 11 is 6.27. The Labute approximate surface area is 162 Å². The van der Waals surface area contributed by atoms with Crippen LogP contribution in [0.4, 0.5) is 0 Å². The summed E-state index contributed by atoms with van der Waals surface area (Å²) in [5.74, 6) is 1.33. The van der Waals surface area contributed by atoms with E-state index < -0.39 is 5.97 Å². The smallest absolute Gasteiger partial charge is 0.363 e. The summed E-state index contributed by atoms with van der Waals surface area (Å²) in [6.45, 7) is 2.31. The molecule has 1 aliphatic heterocycles. The molecule has 2 aromatic carbocycles. The van der Waals surface area contributed by atoms with E-state index in [1.54, 1.807) is 49.6 Å². The van der Waals surface area contributed by atoms with E-state index in [-0.39, 0.29) is 11.6 Å². The zero-order valence-corrected chi connectivity index (χ0v) is 15.9. The van der Waals surface area contributed by atoms with E-state index in [9.17, 15) is 4.79 Å². The van der Waals surface area contributed by atoms with Crippen LogP contribution in [0.1, 0.15) is 18.1 Å². The van der Waals surface area contributed by atoms with E-state index in [4.69, 9.17) is 30.5 Å². The van der Waals surface area contributed by atoms with Gasteiger partial charge in [-0.25, -0.2) is 9.79 Å². The number of aliphatic imine (C=N–C) groups is 1. The number of halogens is 1. The normalized spacial score (nSPS) is 14.7.